The molecule has 0 spiro atoms. The van der Waals surface area contributed by atoms with E-state index in [1.54, 1.807) is 0 Å². The molecule has 0 bridgehead atoms. The largest absolute Gasteiger partial charge is 0.497 e. The van der Waals surface area contributed by atoms with Crippen molar-refractivity contribution < 1.29 is 5.11 Å². The van der Waals surface area contributed by atoms with Crippen molar-refractivity contribution in [1.29, 1.82) is 0 Å². The van der Waals surface area contributed by atoms with Crippen molar-refractivity contribution in [3.8, 4) is 0 Å². The van der Waals surface area contributed by atoms with Crippen LogP contribution >= 0.6 is 12.2 Å². The number of thiocarbonyl (C=S) groups is 1. The number of nitrogens with zero attached hydrogens (tertiary/aromatic N) is 1. The average Bonchev–Trinajstić information content (AvgIpc) is 2.37. The second-order valence-electron chi connectivity index (χ2n) is 4.49. The molecule has 0 aliphatic carbocycles. The Balaban J connectivity index is 2.83. The monoisotopic (exact) mass is 266 g/mol. The lowest BCUT2D eigenvalue weighted by Crippen LogP contribution is -2.05. The van der Waals surface area contributed by atoms with Crippen LogP contribution in [0.5, 0.6) is 0 Å². The van der Waals surface area contributed by atoms with Crippen molar-refractivity contribution in [3.05, 3.63) is 29.1 Å². The number of aliphatic hydroxyl groups is 1. The normalized spacial score (nSPS) is 10.6. The van der Waals surface area contributed by atoms with Gasteiger partial charge in [0.05, 0.1) is 0 Å². The molecule has 0 aromatic carbocycles. The zero-order chi connectivity index (χ0) is 13.4. The Kier molecular flexibility index (Phi) is 6.83. The van der Waals surface area contributed by atoms with Gasteiger partial charge in [-0.05, 0) is 68.1 Å². The molecule has 0 saturated heterocycles. The summed E-state index contributed by atoms with van der Waals surface area (Å²) in [4.78, 5) is 4.20. The number of rotatable bonds is 8. The van der Waals surface area contributed by atoms with E-state index in [0.717, 1.165) is 38.6 Å². The smallest absolute Gasteiger partial charge is 0.207 e. The minimum Gasteiger partial charge on any atom is -0.497 e. The third-order valence-electron chi connectivity index (χ3n) is 3.00. The number of nitrogens with two attached hydrogens (primary N) is 1. The zero-order valence-electron chi connectivity index (χ0n) is 11.0. The van der Waals surface area contributed by atoms with Crippen molar-refractivity contribution in [1.82, 2.24) is 4.98 Å². The first kappa shape index (κ1) is 15.1. The third-order valence-corrected chi connectivity index (χ3v) is 3.21. The molecule has 0 aliphatic heterocycles. The molecule has 18 heavy (non-hydrogen) atoms. The Morgan fingerprint density at radius 2 is 2.00 bits per heavy atom. The lowest BCUT2D eigenvalue weighted by atomic mass is 9.99. The maximum Gasteiger partial charge on any atom is 0.207 e. The van der Waals surface area contributed by atoms with Gasteiger partial charge in [0, 0.05) is 6.20 Å². The molecule has 0 atom stereocenters. The van der Waals surface area contributed by atoms with Gasteiger partial charge < -0.3 is 10.8 Å². The Morgan fingerprint density at radius 1 is 1.28 bits per heavy atom. The highest BCUT2D eigenvalue weighted by atomic mass is 32.1. The first-order valence-electron chi connectivity index (χ1n) is 6.60. The highest BCUT2D eigenvalue weighted by Crippen LogP contribution is 2.16. The second-order valence-corrected chi connectivity index (χ2v) is 4.88. The third kappa shape index (κ3) is 4.70. The van der Waals surface area contributed by atoms with Crippen LogP contribution in [0.4, 0.5) is 0 Å². The number of aromatic nitrogens is 1. The minimum absolute atomic E-state index is 0.128. The van der Waals surface area contributed by atoms with Crippen LogP contribution in [0.1, 0.15) is 49.4 Å². The van der Waals surface area contributed by atoms with Gasteiger partial charge in [-0.15, -0.1) is 0 Å². The number of aryl methyl sites for hydroxylation is 2. The molecule has 1 heterocycles. The summed E-state index contributed by atoms with van der Waals surface area (Å²) in [5.74, 6) is 0. The Hall–Kier alpha value is -1.00. The fourth-order valence-electron chi connectivity index (χ4n) is 1.93. The summed E-state index contributed by atoms with van der Waals surface area (Å²) in [6.07, 6.45) is 8.29. The lowest BCUT2D eigenvalue weighted by molar-refractivity contribution is 0.568. The number of hydrogen-bond acceptors (Lipinski definition) is 3. The van der Waals surface area contributed by atoms with Crippen molar-refractivity contribution in [2.24, 2.45) is 5.73 Å². The van der Waals surface area contributed by atoms with Crippen LogP contribution in [0.25, 0.3) is 0 Å². The summed E-state index contributed by atoms with van der Waals surface area (Å²) in [5, 5.41) is 9.21. The first-order valence-corrected chi connectivity index (χ1v) is 7.01. The van der Waals surface area contributed by atoms with Gasteiger partial charge in [0.25, 0.3) is 0 Å². The summed E-state index contributed by atoms with van der Waals surface area (Å²) in [5.41, 5.74) is 8.54. The SMILES string of the molecule is CCCCc1cnc(C(O)=S)cc1CCCCN. The Labute approximate surface area is 114 Å². The van der Waals surface area contributed by atoms with E-state index in [-0.39, 0.29) is 5.05 Å². The molecule has 0 radical (unpaired) electrons. The van der Waals surface area contributed by atoms with Crippen LogP contribution in [0.3, 0.4) is 0 Å². The van der Waals surface area contributed by atoms with Gasteiger partial charge in [-0.25, -0.2) is 0 Å². The zero-order valence-corrected chi connectivity index (χ0v) is 11.8. The summed E-state index contributed by atoms with van der Waals surface area (Å²) in [6.45, 7) is 2.90. The predicted octanol–water partition coefficient (Wildman–Crippen LogP) is 2.94. The predicted molar refractivity (Wildman–Crippen MR) is 79.2 cm³/mol. The van der Waals surface area contributed by atoms with Gasteiger partial charge in [0.2, 0.25) is 5.05 Å². The quantitative estimate of drug-likeness (QED) is 0.561. The van der Waals surface area contributed by atoms with E-state index < -0.39 is 0 Å². The van der Waals surface area contributed by atoms with Gasteiger partial charge in [-0.2, -0.15) is 0 Å². The van der Waals surface area contributed by atoms with Crippen LogP contribution in [-0.4, -0.2) is 21.7 Å². The maximum atomic E-state index is 9.34. The number of hydrogen-bond donors (Lipinski definition) is 2. The lowest BCUT2D eigenvalue weighted by Gasteiger charge is -2.10. The standard InChI is InChI=1S/C14H22N2OS/c1-2-3-6-12-10-16-13(14(17)18)9-11(12)7-4-5-8-15/h9-10H,2-8,15H2,1H3,(H,17,18). The number of aliphatic hydroxyl groups excluding tert-OH is 1. The molecule has 1 rings (SSSR count). The molecule has 0 amide bonds. The maximum absolute atomic E-state index is 9.34. The first-order chi connectivity index (χ1) is 8.69. The topological polar surface area (TPSA) is 59.1 Å². The molecule has 0 unspecified atom stereocenters. The van der Waals surface area contributed by atoms with E-state index in [4.69, 9.17) is 18.0 Å². The van der Waals surface area contributed by atoms with E-state index in [9.17, 15) is 5.11 Å². The van der Waals surface area contributed by atoms with Gasteiger partial charge in [0.1, 0.15) is 5.69 Å². The molecule has 3 N–H and O–H groups in total. The molecule has 3 nitrogen and oxygen atoms in total. The van der Waals surface area contributed by atoms with E-state index in [1.165, 1.54) is 17.5 Å². The summed E-state index contributed by atoms with van der Waals surface area (Å²) < 4.78 is 0. The molecular weight excluding hydrogens is 244 g/mol. The molecular formula is C14H22N2OS. The van der Waals surface area contributed by atoms with E-state index >= 15 is 0 Å². The van der Waals surface area contributed by atoms with Gasteiger partial charge in [0.15, 0.2) is 0 Å². The van der Waals surface area contributed by atoms with E-state index in [2.05, 4.69) is 11.9 Å². The van der Waals surface area contributed by atoms with Crippen molar-refractivity contribution in [2.45, 2.75) is 45.4 Å². The second kappa shape index (κ2) is 8.16. The van der Waals surface area contributed by atoms with Crippen molar-refractivity contribution in [2.75, 3.05) is 6.54 Å². The molecule has 1 aromatic heterocycles. The molecule has 0 saturated carbocycles. The fourth-order valence-corrected chi connectivity index (χ4v) is 2.04. The van der Waals surface area contributed by atoms with Crippen molar-refractivity contribution in [3.63, 3.8) is 0 Å². The van der Waals surface area contributed by atoms with Crippen LogP contribution in [0.15, 0.2) is 12.3 Å². The van der Waals surface area contributed by atoms with Crippen LogP contribution in [0.2, 0.25) is 0 Å². The van der Waals surface area contributed by atoms with Crippen LogP contribution in [-0.2, 0) is 12.8 Å². The van der Waals surface area contributed by atoms with E-state index in [1.807, 2.05) is 12.3 Å². The van der Waals surface area contributed by atoms with E-state index in [0.29, 0.717) is 5.69 Å². The molecule has 1 aromatic rings. The summed E-state index contributed by atoms with van der Waals surface area (Å²) in [6, 6.07) is 1.92. The fraction of sp³-hybridized carbons (Fsp3) is 0.571. The summed E-state index contributed by atoms with van der Waals surface area (Å²) in [7, 11) is 0. The number of unbranched alkanes of at least 4 members (excludes halogenated alkanes) is 2. The minimum atomic E-state index is -0.128. The molecule has 100 valence electrons. The number of pyridine rings is 1. The summed E-state index contributed by atoms with van der Waals surface area (Å²) >= 11 is 4.76. The molecule has 0 aliphatic rings. The van der Waals surface area contributed by atoms with Crippen LogP contribution < -0.4 is 5.73 Å². The highest BCUT2D eigenvalue weighted by molar-refractivity contribution is 7.80. The highest BCUT2D eigenvalue weighted by Gasteiger charge is 2.07. The van der Waals surface area contributed by atoms with Gasteiger partial charge in [-0.3, -0.25) is 4.98 Å². The van der Waals surface area contributed by atoms with Crippen molar-refractivity contribution >= 4 is 17.3 Å². The molecule has 0 fully saturated rings. The average molecular weight is 266 g/mol. The molecule has 4 heteroatoms. The Morgan fingerprint density at radius 3 is 2.61 bits per heavy atom. The van der Waals surface area contributed by atoms with Gasteiger partial charge >= 0.3 is 0 Å². The Bertz CT molecular complexity index is 393. The van der Waals surface area contributed by atoms with Gasteiger partial charge in [-0.1, -0.05) is 13.3 Å². The van der Waals surface area contributed by atoms with Crippen LogP contribution in [0, 0.1) is 0 Å².